The van der Waals surface area contributed by atoms with E-state index < -0.39 is 0 Å². The molecule has 0 heterocycles. The Kier molecular flexibility index (Phi) is 7.49. The van der Waals surface area contributed by atoms with Crippen LogP contribution in [0.1, 0.15) is 75.9 Å². The lowest BCUT2D eigenvalue weighted by Crippen LogP contribution is -2.14. The molecule has 2 aromatic rings. The predicted octanol–water partition coefficient (Wildman–Crippen LogP) is 7.72. The van der Waals surface area contributed by atoms with Gasteiger partial charge in [-0.05, 0) is 84.0 Å². The van der Waals surface area contributed by atoms with Gasteiger partial charge >= 0.3 is 0 Å². The number of benzene rings is 2. The number of rotatable bonds is 2. The Balaban J connectivity index is 0.00000264. The monoisotopic (exact) mass is 326 g/mol. The normalized spacial score (nSPS) is 10.8. The first-order valence-corrected chi connectivity index (χ1v) is 8.37. The summed E-state index contributed by atoms with van der Waals surface area (Å²) < 4.78 is 0. The third kappa shape index (κ3) is 4.29. The maximum absolute atomic E-state index is 2.43. The van der Waals surface area contributed by atoms with Gasteiger partial charge in [0.2, 0.25) is 0 Å². The summed E-state index contributed by atoms with van der Waals surface area (Å²) in [4.78, 5) is 0. The van der Waals surface area contributed by atoms with Crippen LogP contribution in [0.2, 0.25) is 0 Å². The fourth-order valence-electron chi connectivity index (χ4n) is 3.23. The van der Waals surface area contributed by atoms with E-state index in [0.717, 1.165) is 6.42 Å². The summed E-state index contributed by atoms with van der Waals surface area (Å²) in [6, 6.07) is 9.51. The van der Waals surface area contributed by atoms with Gasteiger partial charge in [-0.1, -0.05) is 66.8 Å². The molecule has 0 saturated carbocycles. The third-order valence-electron chi connectivity index (χ3n) is 4.80. The molecule has 0 N–H and O–H groups in total. The number of hydrogen-bond donors (Lipinski definition) is 0. The average molecular weight is 327 g/mol. The van der Waals surface area contributed by atoms with E-state index in [2.05, 4.69) is 79.7 Å². The molecule has 0 amide bonds. The Morgan fingerprint density at radius 1 is 0.667 bits per heavy atom. The lowest BCUT2D eigenvalue weighted by atomic mass is 9.78. The summed E-state index contributed by atoms with van der Waals surface area (Å²) in [5, 5.41) is 0. The second-order valence-corrected chi connectivity index (χ2v) is 7.68. The zero-order valence-electron chi connectivity index (χ0n) is 15.5. The van der Waals surface area contributed by atoms with Crippen molar-refractivity contribution in [1.29, 1.82) is 0 Å². The lowest BCUT2D eigenvalue weighted by Gasteiger charge is -2.26. The molecule has 0 fully saturated rings. The SMILES string of the molecule is C.C.CCc1cc(C(C)(C)C)c(-c2cc(C)c(C)cc2C)cc1C. The molecule has 0 unspecified atom stereocenters. The molecule has 0 aromatic heterocycles. The summed E-state index contributed by atoms with van der Waals surface area (Å²) in [5.41, 5.74) is 11.4. The summed E-state index contributed by atoms with van der Waals surface area (Å²) >= 11 is 0. The largest absolute Gasteiger partial charge is 0.0776 e. The van der Waals surface area contributed by atoms with Crippen LogP contribution in [-0.2, 0) is 11.8 Å². The highest BCUT2D eigenvalue weighted by molar-refractivity contribution is 5.74. The Labute approximate surface area is 151 Å². The van der Waals surface area contributed by atoms with Crippen molar-refractivity contribution in [2.45, 2.75) is 82.1 Å². The minimum Gasteiger partial charge on any atom is -0.0776 e. The van der Waals surface area contributed by atoms with E-state index >= 15 is 0 Å². The molecule has 0 saturated heterocycles. The van der Waals surface area contributed by atoms with E-state index in [9.17, 15) is 0 Å². The molecular formula is C24H38. The van der Waals surface area contributed by atoms with Crippen LogP contribution in [0.3, 0.4) is 0 Å². The van der Waals surface area contributed by atoms with Gasteiger partial charge in [-0.2, -0.15) is 0 Å². The van der Waals surface area contributed by atoms with Gasteiger partial charge in [0.1, 0.15) is 0 Å². The van der Waals surface area contributed by atoms with Crippen LogP contribution in [0, 0.1) is 27.7 Å². The topological polar surface area (TPSA) is 0 Å². The van der Waals surface area contributed by atoms with Crippen LogP contribution < -0.4 is 0 Å². The summed E-state index contributed by atoms with van der Waals surface area (Å²) in [6.45, 7) is 18.1. The summed E-state index contributed by atoms with van der Waals surface area (Å²) in [5.74, 6) is 0. The second-order valence-electron chi connectivity index (χ2n) is 7.68. The van der Waals surface area contributed by atoms with Crippen molar-refractivity contribution in [3.63, 3.8) is 0 Å². The van der Waals surface area contributed by atoms with Crippen molar-refractivity contribution in [2.24, 2.45) is 0 Å². The van der Waals surface area contributed by atoms with Crippen LogP contribution in [0.5, 0.6) is 0 Å². The van der Waals surface area contributed by atoms with Gasteiger partial charge in [0.25, 0.3) is 0 Å². The van der Waals surface area contributed by atoms with Gasteiger partial charge in [-0.25, -0.2) is 0 Å². The highest BCUT2D eigenvalue weighted by Crippen LogP contribution is 2.37. The van der Waals surface area contributed by atoms with Gasteiger partial charge < -0.3 is 0 Å². The van der Waals surface area contributed by atoms with E-state index in [1.165, 1.54) is 44.5 Å². The summed E-state index contributed by atoms with van der Waals surface area (Å²) in [7, 11) is 0. The maximum atomic E-state index is 2.43. The molecule has 0 nitrogen and oxygen atoms in total. The standard InChI is InChI=1S/C22H30.2CH4/c1-9-18-13-21(22(6,7)8)20(12-16(18)4)19-11-15(3)14(2)10-17(19)5;;/h10-13H,9H2,1-8H3;2*1H4. The van der Waals surface area contributed by atoms with Crippen LogP contribution in [0.4, 0.5) is 0 Å². The van der Waals surface area contributed by atoms with E-state index in [0.29, 0.717) is 0 Å². The van der Waals surface area contributed by atoms with Crippen molar-refractivity contribution < 1.29 is 0 Å². The van der Waals surface area contributed by atoms with Crippen molar-refractivity contribution in [2.75, 3.05) is 0 Å². The van der Waals surface area contributed by atoms with Crippen LogP contribution in [0.15, 0.2) is 24.3 Å². The minimum atomic E-state index is 0. The molecule has 134 valence electrons. The van der Waals surface area contributed by atoms with Gasteiger partial charge in [-0.3, -0.25) is 0 Å². The number of hydrogen-bond acceptors (Lipinski definition) is 0. The number of aryl methyl sites for hydroxylation is 5. The van der Waals surface area contributed by atoms with Gasteiger partial charge in [-0.15, -0.1) is 0 Å². The Morgan fingerprint density at radius 2 is 1.17 bits per heavy atom. The van der Waals surface area contributed by atoms with Crippen molar-refractivity contribution >= 4 is 0 Å². The first-order valence-electron chi connectivity index (χ1n) is 8.37. The van der Waals surface area contributed by atoms with Crippen molar-refractivity contribution in [1.82, 2.24) is 0 Å². The van der Waals surface area contributed by atoms with E-state index in [1.807, 2.05) is 0 Å². The summed E-state index contributed by atoms with van der Waals surface area (Å²) in [6.07, 6.45) is 1.10. The van der Waals surface area contributed by atoms with Gasteiger partial charge in [0.05, 0.1) is 0 Å². The fraction of sp³-hybridized carbons (Fsp3) is 0.500. The van der Waals surface area contributed by atoms with Crippen LogP contribution in [0.25, 0.3) is 11.1 Å². The molecule has 2 rings (SSSR count). The second kappa shape index (κ2) is 8.01. The fourth-order valence-corrected chi connectivity index (χ4v) is 3.23. The van der Waals surface area contributed by atoms with Gasteiger partial charge in [0, 0.05) is 0 Å². The molecule has 0 aliphatic heterocycles. The zero-order chi connectivity index (χ0) is 16.7. The first-order chi connectivity index (χ1) is 10.1. The Hall–Kier alpha value is -1.56. The molecule has 0 radical (unpaired) electrons. The zero-order valence-corrected chi connectivity index (χ0v) is 15.5. The van der Waals surface area contributed by atoms with Crippen LogP contribution >= 0.6 is 0 Å². The average Bonchev–Trinajstić information content (AvgIpc) is 2.41. The van der Waals surface area contributed by atoms with Gasteiger partial charge in [0.15, 0.2) is 0 Å². The molecule has 24 heavy (non-hydrogen) atoms. The first kappa shape index (κ1) is 22.4. The highest BCUT2D eigenvalue weighted by atomic mass is 14.3. The molecule has 0 aliphatic carbocycles. The van der Waals surface area contributed by atoms with E-state index in [-0.39, 0.29) is 20.3 Å². The predicted molar refractivity (Wildman–Crippen MR) is 112 cm³/mol. The maximum Gasteiger partial charge on any atom is -0.0126 e. The van der Waals surface area contributed by atoms with Crippen molar-refractivity contribution in [3.8, 4) is 11.1 Å². The molecule has 0 spiro atoms. The lowest BCUT2D eigenvalue weighted by molar-refractivity contribution is 0.591. The smallest absolute Gasteiger partial charge is 0.0126 e. The molecule has 0 aliphatic rings. The molecular weight excluding hydrogens is 288 g/mol. The van der Waals surface area contributed by atoms with E-state index in [4.69, 9.17) is 0 Å². The molecule has 2 aromatic carbocycles. The highest BCUT2D eigenvalue weighted by Gasteiger charge is 2.21. The third-order valence-corrected chi connectivity index (χ3v) is 4.80. The Morgan fingerprint density at radius 3 is 1.67 bits per heavy atom. The van der Waals surface area contributed by atoms with Crippen molar-refractivity contribution in [3.05, 3.63) is 57.6 Å². The molecule has 0 heteroatoms. The Bertz CT molecular complexity index is 697. The van der Waals surface area contributed by atoms with E-state index in [1.54, 1.807) is 0 Å². The molecule has 0 atom stereocenters. The minimum absolute atomic E-state index is 0. The molecule has 0 bridgehead atoms. The van der Waals surface area contributed by atoms with Crippen LogP contribution in [-0.4, -0.2) is 0 Å². The quantitative estimate of drug-likeness (QED) is 0.530.